The summed E-state index contributed by atoms with van der Waals surface area (Å²) in [6, 6.07) is 4.26. The van der Waals surface area contributed by atoms with Crippen molar-refractivity contribution in [1.29, 1.82) is 0 Å². The van der Waals surface area contributed by atoms with E-state index in [0.717, 1.165) is 26.1 Å². The topological polar surface area (TPSA) is 9.23 Å². The number of hydrogen-bond donors (Lipinski definition) is 0. The van der Waals surface area contributed by atoms with Gasteiger partial charge in [-0.1, -0.05) is 0 Å². The first-order valence-corrected chi connectivity index (χ1v) is 6.76. The van der Waals surface area contributed by atoms with Crippen LogP contribution < -0.4 is 0 Å². The van der Waals surface area contributed by atoms with Crippen molar-refractivity contribution in [2.45, 2.75) is 12.8 Å². The summed E-state index contributed by atoms with van der Waals surface area (Å²) in [5, 5.41) is 0. The molecule has 0 amide bonds. The minimum atomic E-state index is 0.186. The molecule has 78 valence electrons. The molecule has 0 bridgehead atoms. The fraction of sp³-hybridized carbons (Fsp3) is 0.600. The number of alkyl halides is 1. The summed E-state index contributed by atoms with van der Waals surface area (Å²) in [4.78, 5) is 1.39. The van der Waals surface area contributed by atoms with Crippen LogP contribution in [0.1, 0.15) is 11.3 Å². The third-order valence-electron chi connectivity index (χ3n) is 2.65. The normalized spacial score (nSPS) is 27.0. The Kier molecular flexibility index (Phi) is 3.53. The van der Waals surface area contributed by atoms with E-state index in [0.29, 0.717) is 5.88 Å². The van der Waals surface area contributed by atoms with Crippen LogP contribution in [-0.4, -0.2) is 19.1 Å². The van der Waals surface area contributed by atoms with Gasteiger partial charge in [-0.25, -0.2) is 0 Å². The molecule has 2 heterocycles. The Hall–Kier alpha value is 0.430. The zero-order valence-corrected chi connectivity index (χ0v) is 10.9. The van der Waals surface area contributed by atoms with Crippen LogP contribution >= 0.6 is 38.9 Å². The standard InChI is InChI=1S/C10H12BrClOS/c11-9-2-1-8(14-9)5-10(6-12)3-4-13-7-10/h1-2H,3-7H2. The average molecular weight is 296 g/mol. The van der Waals surface area contributed by atoms with Crippen LogP contribution in [0.3, 0.4) is 0 Å². The van der Waals surface area contributed by atoms with Crippen molar-refractivity contribution in [1.82, 2.24) is 0 Å². The summed E-state index contributed by atoms with van der Waals surface area (Å²) in [6.45, 7) is 1.67. The lowest BCUT2D eigenvalue weighted by molar-refractivity contribution is 0.161. The predicted octanol–water partition coefficient (Wildman–Crippen LogP) is 3.70. The lowest BCUT2D eigenvalue weighted by atomic mass is 9.85. The molecule has 4 heteroatoms. The molecule has 0 saturated carbocycles. The van der Waals surface area contributed by atoms with Gasteiger partial charge in [0.05, 0.1) is 10.4 Å². The summed E-state index contributed by atoms with van der Waals surface area (Å²) >= 11 is 11.3. The van der Waals surface area contributed by atoms with Gasteiger partial charge in [0.2, 0.25) is 0 Å². The fourth-order valence-electron chi connectivity index (χ4n) is 1.76. The van der Waals surface area contributed by atoms with Gasteiger partial charge in [0.15, 0.2) is 0 Å². The number of thiophene rings is 1. The lowest BCUT2D eigenvalue weighted by Crippen LogP contribution is -2.25. The molecule has 0 radical (unpaired) electrons. The van der Waals surface area contributed by atoms with E-state index in [1.165, 1.54) is 8.66 Å². The third kappa shape index (κ3) is 2.32. The van der Waals surface area contributed by atoms with Gasteiger partial charge in [-0.05, 0) is 40.9 Å². The average Bonchev–Trinajstić information content (AvgIpc) is 2.77. The van der Waals surface area contributed by atoms with Gasteiger partial charge < -0.3 is 4.74 Å². The molecule has 1 nitrogen and oxygen atoms in total. The molecule has 1 aliphatic heterocycles. The molecule has 1 aromatic rings. The van der Waals surface area contributed by atoms with Crippen molar-refractivity contribution in [2.24, 2.45) is 5.41 Å². The molecule has 14 heavy (non-hydrogen) atoms. The smallest absolute Gasteiger partial charge is 0.0701 e. The van der Waals surface area contributed by atoms with E-state index in [1.54, 1.807) is 11.3 Å². The molecular weight excluding hydrogens is 284 g/mol. The quantitative estimate of drug-likeness (QED) is 0.773. The van der Waals surface area contributed by atoms with Crippen molar-refractivity contribution in [2.75, 3.05) is 19.1 Å². The monoisotopic (exact) mass is 294 g/mol. The first-order valence-electron chi connectivity index (χ1n) is 4.62. The van der Waals surface area contributed by atoms with Crippen LogP contribution in [0.25, 0.3) is 0 Å². The van der Waals surface area contributed by atoms with Crippen molar-refractivity contribution < 1.29 is 4.74 Å². The second-order valence-corrected chi connectivity index (χ2v) is 6.63. The molecule has 0 aromatic carbocycles. The predicted molar refractivity (Wildman–Crippen MR) is 64.3 cm³/mol. The van der Waals surface area contributed by atoms with Gasteiger partial charge in [-0.2, -0.15) is 0 Å². The highest BCUT2D eigenvalue weighted by Crippen LogP contribution is 2.36. The molecule has 0 aliphatic carbocycles. The summed E-state index contributed by atoms with van der Waals surface area (Å²) in [7, 11) is 0. The van der Waals surface area contributed by atoms with Crippen LogP contribution in [0.4, 0.5) is 0 Å². The molecule has 1 saturated heterocycles. The minimum absolute atomic E-state index is 0.186. The Morgan fingerprint density at radius 3 is 2.93 bits per heavy atom. The third-order valence-corrected chi connectivity index (χ3v) is 4.84. The Morgan fingerprint density at radius 2 is 2.43 bits per heavy atom. The highest BCUT2D eigenvalue weighted by molar-refractivity contribution is 9.11. The van der Waals surface area contributed by atoms with E-state index in [1.807, 2.05) is 0 Å². The Labute approximate surface area is 102 Å². The molecule has 0 spiro atoms. The first-order chi connectivity index (χ1) is 6.74. The number of hydrogen-bond acceptors (Lipinski definition) is 2. The van der Waals surface area contributed by atoms with Gasteiger partial charge in [-0.3, -0.25) is 0 Å². The van der Waals surface area contributed by atoms with Crippen LogP contribution in [0.15, 0.2) is 15.9 Å². The lowest BCUT2D eigenvalue weighted by Gasteiger charge is -2.23. The molecule has 1 unspecified atom stereocenters. The Morgan fingerprint density at radius 1 is 1.57 bits per heavy atom. The Balaban J connectivity index is 2.08. The number of rotatable bonds is 3. The number of halogens is 2. The highest BCUT2D eigenvalue weighted by Gasteiger charge is 2.34. The molecule has 1 atom stereocenters. The van der Waals surface area contributed by atoms with Gasteiger partial charge in [-0.15, -0.1) is 22.9 Å². The zero-order chi connectivity index (χ0) is 10.0. The largest absolute Gasteiger partial charge is 0.381 e. The molecule has 1 aromatic heterocycles. The van der Waals surface area contributed by atoms with E-state index < -0.39 is 0 Å². The second-order valence-electron chi connectivity index (χ2n) is 3.82. The summed E-state index contributed by atoms with van der Waals surface area (Å²) in [6.07, 6.45) is 2.14. The van der Waals surface area contributed by atoms with Crippen molar-refractivity contribution >= 4 is 38.9 Å². The number of ether oxygens (including phenoxy) is 1. The molecule has 1 fully saturated rings. The molecule has 2 rings (SSSR count). The van der Waals surface area contributed by atoms with E-state index in [9.17, 15) is 0 Å². The Bertz CT molecular complexity index is 307. The summed E-state index contributed by atoms with van der Waals surface area (Å²) in [5.41, 5.74) is 0.186. The van der Waals surface area contributed by atoms with Gasteiger partial charge in [0.1, 0.15) is 0 Å². The molecule has 1 aliphatic rings. The van der Waals surface area contributed by atoms with Gasteiger partial charge in [0.25, 0.3) is 0 Å². The van der Waals surface area contributed by atoms with Crippen molar-refractivity contribution in [3.05, 3.63) is 20.8 Å². The van der Waals surface area contributed by atoms with Crippen LogP contribution in [0.2, 0.25) is 0 Å². The maximum Gasteiger partial charge on any atom is 0.0701 e. The van der Waals surface area contributed by atoms with Crippen LogP contribution in [-0.2, 0) is 11.2 Å². The second kappa shape index (κ2) is 4.52. The fourth-order valence-corrected chi connectivity index (χ4v) is 3.72. The van der Waals surface area contributed by atoms with E-state index in [-0.39, 0.29) is 5.41 Å². The van der Waals surface area contributed by atoms with Crippen LogP contribution in [0.5, 0.6) is 0 Å². The maximum absolute atomic E-state index is 6.03. The maximum atomic E-state index is 6.03. The first kappa shape index (κ1) is 10.9. The van der Waals surface area contributed by atoms with Crippen molar-refractivity contribution in [3.63, 3.8) is 0 Å². The minimum Gasteiger partial charge on any atom is -0.381 e. The van der Waals surface area contributed by atoms with E-state index in [4.69, 9.17) is 16.3 Å². The van der Waals surface area contributed by atoms with Gasteiger partial charge >= 0.3 is 0 Å². The van der Waals surface area contributed by atoms with Gasteiger partial charge in [0, 0.05) is 22.8 Å². The zero-order valence-electron chi connectivity index (χ0n) is 7.76. The van der Waals surface area contributed by atoms with Crippen molar-refractivity contribution in [3.8, 4) is 0 Å². The molecular formula is C10H12BrClOS. The van der Waals surface area contributed by atoms with E-state index >= 15 is 0 Å². The SMILES string of the molecule is ClCC1(Cc2ccc(Br)s2)CCOC1. The molecule has 0 N–H and O–H groups in total. The highest BCUT2D eigenvalue weighted by atomic mass is 79.9. The van der Waals surface area contributed by atoms with Crippen LogP contribution in [0, 0.1) is 5.41 Å². The summed E-state index contributed by atoms with van der Waals surface area (Å²) in [5.74, 6) is 0.697. The summed E-state index contributed by atoms with van der Waals surface area (Å²) < 4.78 is 6.63. The van der Waals surface area contributed by atoms with E-state index in [2.05, 4.69) is 28.1 Å².